The molecule has 6 nitrogen and oxygen atoms in total. The minimum atomic E-state index is -0.534. The Kier molecular flexibility index (Phi) is 11.0. The Morgan fingerprint density at radius 2 is 1.83 bits per heavy atom. The monoisotopic (exact) mass is 351 g/mol. The van der Waals surface area contributed by atoms with Crippen molar-refractivity contribution in [2.45, 2.75) is 53.1 Å². The highest BCUT2D eigenvalue weighted by molar-refractivity contribution is 6.17. The summed E-state index contributed by atoms with van der Waals surface area (Å²) in [5.74, 6) is 0.0140. The molecule has 1 atom stereocenters. The van der Waals surface area contributed by atoms with Gasteiger partial charge in [0, 0.05) is 13.2 Å². The fourth-order valence-electron chi connectivity index (χ4n) is 1.76. The van der Waals surface area contributed by atoms with E-state index >= 15 is 0 Å². The summed E-state index contributed by atoms with van der Waals surface area (Å²) in [5, 5.41) is 2.68. The number of hydrogen-bond donors (Lipinski definition) is 1. The molecule has 0 saturated heterocycles. The van der Waals surface area contributed by atoms with E-state index in [1.165, 1.54) is 0 Å². The number of carbonyl (C=O) groups excluding carboxylic acids is 2. The molecule has 1 N–H and O–H groups in total. The minimum absolute atomic E-state index is 0.0422. The summed E-state index contributed by atoms with van der Waals surface area (Å²) in [4.78, 5) is 23.2. The van der Waals surface area contributed by atoms with Crippen molar-refractivity contribution in [3.05, 3.63) is 0 Å². The Morgan fingerprint density at radius 1 is 1.17 bits per heavy atom. The Morgan fingerprint density at radius 3 is 2.35 bits per heavy atom. The van der Waals surface area contributed by atoms with Crippen LogP contribution in [-0.4, -0.2) is 43.5 Å². The highest BCUT2D eigenvalue weighted by atomic mass is 35.5. The van der Waals surface area contributed by atoms with Gasteiger partial charge in [0.05, 0.1) is 13.0 Å². The summed E-state index contributed by atoms with van der Waals surface area (Å²) in [6, 6.07) is -0.158. The van der Waals surface area contributed by atoms with Gasteiger partial charge in [0.2, 0.25) is 0 Å². The third-order valence-corrected chi connectivity index (χ3v) is 2.81. The molecule has 0 fully saturated rings. The standard InChI is InChI=1S/C16H30ClNO5/c1-12(2)9-21-10-13(8-14(19)22-11-17)6-7-18-15(20)23-16(3,4)5/h12-13H,6-11H2,1-5H3,(H,18,20). The molecule has 1 unspecified atom stereocenters. The van der Waals surface area contributed by atoms with Crippen LogP contribution in [0.15, 0.2) is 0 Å². The molecule has 0 heterocycles. The van der Waals surface area contributed by atoms with Crippen LogP contribution < -0.4 is 5.32 Å². The van der Waals surface area contributed by atoms with E-state index in [0.29, 0.717) is 32.1 Å². The quantitative estimate of drug-likeness (QED) is 0.482. The van der Waals surface area contributed by atoms with Gasteiger partial charge in [-0.3, -0.25) is 4.79 Å². The third-order valence-electron chi connectivity index (χ3n) is 2.70. The maximum atomic E-state index is 11.6. The SMILES string of the molecule is CC(C)COCC(CCNC(=O)OC(C)(C)C)CC(=O)OCCl. The number of alkyl carbamates (subject to hydrolysis) is 1. The molecule has 0 rings (SSSR count). The van der Waals surface area contributed by atoms with Gasteiger partial charge in [-0.1, -0.05) is 25.4 Å². The molecule has 0 aromatic rings. The van der Waals surface area contributed by atoms with Gasteiger partial charge in [0.25, 0.3) is 0 Å². The third kappa shape index (κ3) is 14.3. The van der Waals surface area contributed by atoms with Gasteiger partial charge < -0.3 is 19.5 Å². The van der Waals surface area contributed by atoms with E-state index in [0.717, 1.165) is 0 Å². The predicted octanol–water partition coefficient (Wildman–Crippen LogP) is 3.32. The summed E-state index contributed by atoms with van der Waals surface area (Å²) >= 11 is 5.39. The molecule has 0 bridgehead atoms. The maximum Gasteiger partial charge on any atom is 0.407 e. The summed E-state index contributed by atoms with van der Waals surface area (Å²) in [5.41, 5.74) is -0.534. The second-order valence-corrected chi connectivity index (χ2v) is 7.06. The van der Waals surface area contributed by atoms with Crippen LogP contribution in [-0.2, 0) is 19.0 Å². The van der Waals surface area contributed by atoms with Crippen molar-refractivity contribution in [1.82, 2.24) is 5.32 Å². The number of nitrogens with one attached hydrogen (secondary N) is 1. The van der Waals surface area contributed by atoms with Crippen LogP contribution in [0, 0.1) is 11.8 Å². The Labute approximate surface area is 144 Å². The number of rotatable bonds is 10. The molecule has 0 aliphatic rings. The van der Waals surface area contributed by atoms with Crippen LogP contribution in [0.5, 0.6) is 0 Å². The number of alkyl halides is 1. The van der Waals surface area contributed by atoms with E-state index in [2.05, 4.69) is 19.2 Å². The molecule has 23 heavy (non-hydrogen) atoms. The highest BCUT2D eigenvalue weighted by Crippen LogP contribution is 2.12. The first-order chi connectivity index (χ1) is 10.6. The Hall–Kier alpha value is -1.01. The first-order valence-corrected chi connectivity index (χ1v) is 8.43. The lowest BCUT2D eigenvalue weighted by Gasteiger charge is -2.21. The van der Waals surface area contributed by atoms with Gasteiger partial charge in [-0.05, 0) is 39.0 Å². The van der Waals surface area contributed by atoms with Gasteiger partial charge in [-0.15, -0.1) is 0 Å². The molecule has 0 aromatic heterocycles. The Balaban J connectivity index is 4.23. The fraction of sp³-hybridized carbons (Fsp3) is 0.875. The van der Waals surface area contributed by atoms with Crippen molar-refractivity contribution in [2.75, 3.05) is 25.8 Å². The molecule has 1 amide bonds. The normalized spacial score (nSPS) is 12.8. The first kappa shape index (κ1) is 22.0. The second kappa shape index (κ2) is 11.5. The van der Waals surface area contributed by atoms with Crippen LogP contribution in [0.4, 0.5) is 4.79 Å². The number of carbonyl (C=O) groups is 2. The fourth-order valence-corrected chi connectivity index (χ4v) is 1.88. The zero-order valence-corrected chi connectivity index (χ0v) is 15.6. The maximum absolute atomic E-state index is 11.6. The van der Waals surface area contributed by atoms with Crippen LogP contribution in [0.25, 0.3) is 0 Å². The second-order valence-electron chi connectivity index (χ2n) is 6.84. The molecule has 136 valence electrons. The number of ether oxygens (including phenoxy) is 3. The summed E-state index contributed by atoms with van der Waals surface area (Å²) in [6.07, 6.45) is 0.331. The van der Waals surface area contributed by atoms with E-state index in [1.54, 1.807) is 20.8 Å². The van der Waals surface area contributed by atoms with Gasteiger partial charge in [0.15, 0.2) is 6.07 Å². The van der Waals surface area contributed by atoms with Crippen LogP contribution in [0.3, 0.4) is 0 Å². The molecule has 0 aliphatic carbocycles. The largest absolute Gasteiger partial charge is 0.449 e. The summed E-state index contributed by atoms with van der Waals surface area (Å²) < 4.78 is 15.5. The number of hydrogen-bond acceptors (Lipinski definition) is 5. The molecule has 0 aliphatic heterocycles. The van der Waals surface area contributed by atoms with Crippen molar-refractivity contribution in [3.8, 4) is 0 Å². The zero-order chi connectivity index (χ0) is 17.9. The van der Waals surface area contributed by atoms with Gasteiger partial charge in [0.1, 0.15) is 5.60 Å². The summed E-state index contributed by atoms with van der Waals surface area (Å²) in [7, 11) is 0. The van der Waals surface area contributed by atoms with Crippen LogP contribution >= 0.6 is 11.6 Å². The van der Waals surface area contributed by atoms with E-state index in [1.807, 2.05) is 0 Å². The number of halogens is 1. The lowest BCUT2D eigenvalue weighted by Crippen LogP contribution is -2.34. The van der Waals surface area contributed by atoms with Crippen molar-refractivity contribution >= 4 is 23.7 Å². The molecule has 0 spiro atoms. The highest BCUT2D eigenvalue weighted by Gasteiger charge is 2.18. The number of amides is 1. The first-order valence-electron chi connectivity index (χ1n) is 7.90. The molecule has 0 aromatic carbocycles. The van der Waals surface area contributed by atoms with Gasteiger partial charge >= 0.3 is 12.1 Å². The molecule has 0 radical (unpaired) electrons. The van der Waals surface area contributed by atoms with Crippen molar-refractivity contribution in [3.63, 3.8) is 0 Å². The average Bonchev–Trinajstić information content (AvgIpc) is 2.35. The zero-order valence-electron chi connectivity index (χ0n) is 14.8. The van der Waals surface area contributed by atoms with Gasteiger partial charge in [-0.2, -0.15) is 0 Å². The van der Waals surface area contributed by atoms with Crippen molar-refractivity contribution in [2.24, 2.45) is 11.8 Å². The lowest BCUT2D eigenvalue weighted by molar-refractivity contribution is -0.143. The van der Waals surface area contributed by atoms with Crippen LogP contribution in [0.1, 0.15) is 47.5 Å². The van der Waals surface area contributed by atoms with Crippen LogP contribution in [0.2, 0.25) is 0 Å². The van der Waals surface area contributed by atoms with E-state index in [-0.39, 0.29) is 24.4 Å². The van der Waals surface area contributed by atoms with Gasteiger partial charge in [-0.25, -0.2) is 4.79 Å². The molecular formula is C16H30ClNO5. The smallest absolute Gasteiger partial charge is 0.407 e. The Bertz CT molecular complexity index is 355. The number of esters is 1. The minimum Gasteiger partial charge on any atom is -0.449 e. The molecule has 0 saturated carbocycles. The van der Waals surface area contributed by atoms with Crippen molar-refractivity contribution < 1.29 is 23.8 Å². The van der Waals surface area contributed by atoms with Crippen molar-refractivity contribution in [1.29, 1.82) is 0 Å². The molecular weight excluding hydrogens is 322 g/mol. The average molecular weight is 352 g/mol. The van der Waals surface area contributed by atoms with E-state index in [9.17, 15) is 9.59 Å². The van der Waals surface area contributed by atoms with E-state index in [4.69, 9.17) is 25.8 Å². The topological polar surface area (TPSA) is 73.9 Å². The van der Waals surface area contributed by atoms with E-state index < -0.39 is 11.7 Å². The summed E-state index contributed by atoms with van der Waals surface area (Å²) in [6.45, 7) is 11.0. The lowest BCUT2D eigenvalue weighted by atomic mass is 10.0. The molecule has 7 heteroatoms. The predicted molar refractivity (Wildman–Crippen MR) is 89.4 cm³/mol.